The van der Waals surface area contributed by atoms with Gasteiger partial charge in [-0.2, -0.15) is 0 Å². The molecule has 3 unspecified atom stereocenters. The highest BCUT2D eigenvalue weighted by atomic mass is 79.9. The van der Waals surface area contributed by atoms with Crippen LogP contribution in [-0.4, -0.2) is 6.54 Å². The predicted octanol–water partition coefficient (Wildman–Crippen LogP) is 5.97. The summed E-state index contributed by atoms with van der Waals surface area (Å²) in [7, 11) is 0. The third kappa shape index (κ3) is 3.99. The summed E-state index contributed by atoms with van der Waals surface area (Å²) in [6, 6.07) is 6.74. The zero-order chi connectivity index (χ0) is 14.5. The van der Waals surface area contributed by atoms with E-state index in [2.05, 4.69) is 47.2 Å². The highest BCUT2D eigenvalue weighted by Gasteiger charge is 2.31. The molecule has 0 aromatic heterocycles. The first-order chi connectivity index (χ1) is 9.65. The zero-order valence-electron chi connectivity index (χ0n) is 12.5. The first-order valence-corrected chi connectivity index (χ1v) is 9.02. The van der Waals surface area contributed by atoms with E-state index in [9.17, 15) is 0 Å². The van der Waals surface area contributed by atoms with Crippen LogP contribution >= 0.6 is 27.5 Å². The Balaban J connectivity index is 2.28. The number of hydrogen-bond acceptors (Lipinski definition) is 1. The summed E-state index contributed by atoms with van der Waals surface area (Å²) in [5.74, 6) is 1.57. The van der Waals surface area contributed by atoms with Gasteiger partial charge in [0.15, 0.2) is 0 Å². The molecule has 0 amide bonds. The van der Waals surface area contributed by atoms with Crippen molar-refractivity contribution in [2.75, 3.05) is 6.54 Å². The van der Waals surface area contributed by atoms with Gasteiger partial charge in [0.2, 0.25) is 0 Å². The van der Waals surface area contributed by atoms with Gasteiger partial charge in [-0.15, -0.1) is 0 Å². The molecule has 1 aromatic carbocycles. The summed E-state index contributed by atoms with van der Waals surface area (Å²) < 4.78 is 1.08. The molecule has 0 bridgehead atoms. The lowest BCUT2D eigenvalue weighted by molar-refractivity contribution is 0.176. The van der Waals surface area contributed by atoms with Gasteiger partial charge in [0.25, 0.3) is 0 Å². The first-order valence-electron chi connectivity index (χ1n) is 7.85. The van der Waals surface area contributed by atoms with Gasteiger partial charge in [-0.05, 0) is 48.6 Å². The molecular formula is C17H25BrClN. The molecular weight excluding hydrogens is 334 g/mol. The molecule has 1 nitrogen and oxygen atoms in total. The van der Waals surface area contributed by atoms with E-state index in [0.717, 1.165) is 27.9 Å². The summed E-state index contributed by atoms with van der Waals surface area (Å²) in [6.07, 6.45) is 6.76. The van der Waals surface area contributed by atoms with Gasteiger partial charge in [0, 0.05) is 15.5 Å². The Labute approximate surface area is 136 Å². The van der Waals surface area contributed by atoms with E-state index in [1.54, 1.807) is 0 Å². The quantitative estimate of drug-likeness (QED) is 0.683. The maximum absolute atomic E-state index is 6.25. The molecule has 1 fully saturated rings. The van der Waals surface area contributed by atoms with E-state index in [1.165, 1.54) is 37.7 Å². The van der Waals surface area contributed by atoms with Crippen LogP contribution in [0.2, 0.25) is 5.02 Å². The van der Waals surface area contributed by atoms with E-state index in [0.29, 0.717) is 6.04 Å². The average molecular weight is 359 g/mol. The minimum atomic E-state index is 0.431. The van der Waals surface area contributed by atoms with Crippen molar-refractivity contribution in [3.05, 3.63) is 33.3 Å². The van der Waals surface area contributed by atoms with Gasteiger partial charge in [0.1, 0.15) is 0 Å². The highest BCUT2D eigenvalue weighted by molar-refractivity contribution is 9.10. The molecule has 0 spiro atoms. The molecule has 112 valence electrons. The topological polar surface area (TPSA) is 12.0 Å². The molecule has 0 radical (unpaired) electrons. The van der Waals surface area contributed by atoms with Gasteiger partial charge < -0.3 is 5.32 Å². The maximum Gasteiger partial charge on any atom is 0.0420 e. The third-order valence-electron chi connectivity index (χ3n) is 4.59. The van der Waals surface area contributed by atoms with Crippen molar-refractivity contribution in [1.29, 1.82) is 0 Å². The van der Waals surface area contributed by atoms with Gasteiger partial charge in [-0.3, -0.25) is 0 Å². The average Bonchev–Trinajstić information content (AvgIpc) is 2.43. The van der Waals surface area contributed by atoms with Crippen molar-refractivity contribution in [3.63, 3.8) is 0 Å². The van der Waals surface area contributed by atoms with Crippen LogP contribution in [0.1, 0.15) is 57.6 Å². The van der Waals surface area contributed by atoms with Crippen LogP contribution in [0.15, 0.2) is 22.7 Å². The Kier molecular flexibility index (Phi) is 6.38. The molecule has 1 aliphatic rings. The molecule has 1 N–H and O–H groups in total. The number of rotatable bonds is 5. The lowest BCUT2D eigenvalue weighted by atomic mass is 9.72. The van der Waals surface area contributed by atoms with Crippen molar-refractivity contribution in [1.82, 2.24) is 5.32 Å². The van der Waals surface area contributed by atoms with Crippen LogP contribution in [0.3, 0.4) is 0 Å². The summed E-state index contributed by atoms with van der Waals surface area (Å²) >= 11 is 9.82. The molecule has 1 saturated carbocycles. The number of halogens is 2. The molecule has 1 aromatic rings. The SMILES string of the molecule is CCNC(c1cc(Cl)cc(Br)c1)C1CCCCC1CC. The Hall–Kier alpha value is -0.0500. The maximum atomic E-state index is 6.25. The second-order valence-electron chi connectivity index (χ2n) is 5.85. The molecule has 0 aliphatic heterocycles. The highest BCUT2D eigenvalue weighted by Crippen LogP contribution is 2.41. The van der Waals surface area contributed by atoms with Gasteiger partial charge in [0.05, 0.1) is 0 Å². The van der Waals surface area contributed by atoms with Crippen LogP contribution < -0.4 is 5.32 Å². The molecule has 2 rings (SSSR count). The molecule has 0 saturated heterocycles. The van der Waals surface area contributed by atoms with Crippen molar-refractivity contribution in [2.45, 2.75) is 52.0 Å². The number of benzene rings is 1. The lowest BCUT2D eigenvalue weighted by Gasteiger charge is -2.37. The summed E-state index contributed by atoms with van der Waals surface area (Å²) in [5.41, 5.74) is 1.33. The normalized spacial score (nSPS) is 24.6. The zero-order valence-corrected chi connectivity index (χ0v) is 14.8. The van der Waals surface area contributed by atoms with Gasteiger partial charge in [-0.25, -0.2) is 0 Å². The summed E-state index contributed by atoms with van der Waals surface area (Å²) in [6.45, 7) is 5.53. The number of nitrogens with one attached hydrogen (secondary N) is 1. The minimum Gasteiger partial charge on any atom is -0.310 e. The van der Waals surface area contributed by atoms with Crippen molar-refractivity contribution >= 4 is 27.5 Å². The van der Waals surface area contributed by atoms with Crippen molar-refractivity contribution in [2.24, 2.45) is 11.8 Å². The van der Waals surface area contributed by atoms with Crippen LogP contribution in [0.25, 0.3) is 0 Å². The summed E-state index contributed by atoms with van der Waals surface area (Å²) in [4.78, 5) is 0. The fourth-order valence-electron chi connectivity index (χ4n) is 3.67. The Bertz CT molecular complexity index is 415. The van der Waals surface area contributed by atoms with Crippen molar-refractivity contribution < 1.29 is 0 Å². The van der Waals surface area contributed by atoms with E-state index < -0.39 is 0 Å². The van der Waals surface area contributed by atoms with E-state index >= 15 is 0 Å². The lowest BCUT2D eigenvalue weighted by Crippen LogP contribution is -2.34. The van der Waals surface area contributed by atoms with E-state index in [1.807, 2.05) is 6.07 Å². The second kappa shape index (κ2) is 7.82. The second-order valence-corrected chi connectivity index (χ2v) is 7.21. The van der Waals surface area contributed by atoms with Crippen LogP contribution in [-0.2, 0) is 0 Å². The minimum absolute atomic E-state index is 0.431. The van der Waals surface area contributed by atoms with Crippen LogP contribution in [0.5, 0.6) is 0 Å². The van der Waals surface area contributed by atoms with Gasteiger partial charge >= 0.3 is 0 Å². The standard InChI is InChI=1S/C17H25BrClN/c1-3-12-7-5-6-8-16(12)17(20-4-2)13-9-14(18)11-15(19)10-13/h9-12,16-17,20H,3-8H2,1-2H3. The van der Waals surface area contributed by atoms with Crippen LogP contribution in [0.4, 0.5) is 0 Å². The van der Waals surface area contributed by atoms with Crippen molar-refractivity contribution in [3.8, 4) is 0 Å². The largest absolute Gasteiger partial charge is 0.310 e. The first kappa shape index (κ1) is 16.3. The van der Waals surface area contributed by atoms with Gasteiger partial charge in [-0.1, -0.05) is 67.1 Å². The molecule has 3 heteroatoms. The monoisotopic (exact) mass is 357 g/mol. The molecule has 20 heavy (non-hydrogen) atoms. The fraction of sp³-hybridized carbons (Fsp3) is 0.647. The third-order valence-corrected chi connectivity index (χ3v) is 5.26. The summed E-state index contributed by atoms with van der Waals surface area (Å²) in [5, 5.41) is 4.53. The van der Waals surface area contributed by atoms with Crippen LogP contribution in [0, 0.1) is 11.8 Å². The fourth-order valence-corrected chi connectivity index (χ4v) is 4.56. The van der Waals surface area contributed by atoms with E-state index in [4.69, 9.17) is 11.6 Å². The van der Waals surface area contributed by atoms with E-state index in [-0.39, 0.29) is 0 Å². The smallest absolute Gasteiger partial charge is 0.0420 e. The Morgan fingerprint density at radius 3 is 2.65 bits per heavy atom. The predicted molar refractivity (Wildman–Crippen MR) is 91.3 cm³/mol. The Morgan fingerprint density at radius 1 is 1.25 bits per heavy atom. The molecule has 1 aliphatic carbocycles. The number of hydrogen-bond donors (Lipinski definition) is 1. The Morgan fingerprint density at radius 2 is 2.00 bits per heavy atom. The molecule has 3 atom stereocenters. The molecule has 0 heterocycles.